The van der Waals surface area contributed by atoms with Crippen LogP contribution >= 0.6 is 0 Å². The van der Waals surface area contributed by atoms with Crippen molar-refractivity contribution in [2.24, 2.45) is 0 Å². The SMILES string of the molecule is COc1ccc(N(Cc2ccc(N(c3ccc(C=O)cc3)c3ccc4ccccc4c3)cc2)c2ccc3ccccc3c2)cc1. The minimum absolute atomic E-state index is 0.653. The molecule has 0 aromatic heterocycles. The van der Waals surface area contributed by atoms with Crippen LogP contribution in [0, 0.1) is 0 Å². The summed E-state index contributed by atoms with van der Waals surface area (Å²) in [5.41, 5.74) is 7.11. The molecule has 7 aromatic carbocycles. The number of fused-ring (bicyclic) bond motifs is 2. The molecule has 4 nitrogen and oxygen atoms in total. The van der Waals surface area contributed by atoms with E-state index in [2.05, 4.69) is 131 Å². The van der Waals surface area contributed by atoms with Crippen LogP contribution < -0.4 is 14.5 Å². The third-order valence-electron chi connectivity index (χ3n) is 8.24. The Morgan fingerprint density at radius 3 is 1.58 bits per heavy atom. The topological polar surface area (TPSA) is 32.8 Å². The van der Waals surface area contributed by atoms with Gasteiger partial charge in [0, 0.05) is 40.5 Å². The van der Waals surface area contributed by atoms with Crippen LogP contribution in [0.3, 0.4) is 0 Å². The summed E-state index contributed by atoms with van der Waals surface area (Å²) in [6.07, 6.45) is 0.878. The van der Waals surface area contributed by atoms with Crippen LogP contribution in [0.25, 0.3) is 21.5 Å². The summed E-state index contributed by atoms with van der Waals surface area (Å²) in [6, 6.07) is 54.6. The van der Waals surface area contributed by atoms with Gasteiger partial charge < -0.3 is 14.5 Å². The van der Waals surface area contributed by atoms with Crippen LogP contribution in [-0.4, -0.2) is 13.4 Å². The fourth-order valence-electron chi connectivity index (χ4n) is 5.84. The van der Waals surface area contributed by atoms with E-state index >= 15 is 0 Å². The monoisotopic (exact) mass is 584 g/mol. The Kier molecular flexibility index (Phi) is 7.69. The van der Waals surface area contributed by atoms with Gasteiger partial charge in [0.1, 0.15) is 12.0 Å². The highest BCUT2D eigenvalue weighted by Gasteiger charge is 2.15. The maximum atomic E-state index is 11.4. The molecule has 0 bridgehead atoms. The van der Waals surface area contributed by atoms with Gasteiger partial charge in [-0.3, -0.25) is 4.79 Å². The second kappa shape index (κ2) is 12.4. The van der Waals surface area contributed by atoms with Crippen molar-refractivity contribution in [3.63, 3.8) is 0 Å². The van der Waals surface area contributed by atoms with E-state index in [1.54, 1.807) is 7.11 Å². The molecule has 0 atom stereocenters. The number of aldehydes is 1. The lowest BCUT2D eigenvalue weighted by Crippen LogP contribution is -2.16. The van der Waals surface area contributed by atoms with Gasteiger partial charge in [-0.15, -0.1) is 0 Å². The van der Waals surface area contributed by atoms with Gasteiger partial charge in [0.05, 0.1) is 7.11 Å². The summed E-state index contributed by atoms with van der Waals surface area (Å²) < 4.78 is 5.44. The third-order valence-corrected chi connectivity index (χ3v) is 8.24. The number of hydrogen-bond donors (Lipinski definition) is 0. The summed E-state index contributed by atoms with van der Waals surface area (Å²) in [6.45, 7) is 0.689. The van der Waals surface area contributed by atoms with E-state index in [1.807, 2.05) is 36.4 Å². The van der Waals surface area contributed by atoms with E-state index in [0.29, 0.717) is 12.1 Å². The molecule has 0 saturated heterocycles. The molecular formula is C41H32N2O2. The molecule has 0 aliphatic heterocycles. The molecule has 0 fully saturated rings. The summed E-state index contributed by atoms with van der Waals surface area (Å²) in [7, 11) is 1.69. The van der Waals surface area contributed by atoms with Crippen molar-refractivity contribution < 1.29 is 9.53 Å². The van der Waals surface area contributed by atoms with Gasteiger partial charge >= 0.3 is 0 Å². The first-order valence-corrected chi connectivity index (χ1v) is 15.0. The van der Waals surface area contributed by atoms with Crippen LogP contribution in [0.4, 0.5) is 28.4 Å². The maximum absolute atomic E-state index is 11.4. The van der Waals surface area contributed by atoms with Crippen molar-refractivity contribution in [2.75, 3.05) is 16.9 Å². The Bertz CT molecular complexity index is 2090. The first kappa shape index (κ1) is 27.9. The van der Waals surface area contributed by atoms with Crippen molar-refractivity contribution in [1.82, 2.24) is 0 Å². The molecule has 0 unspecified atom stereocenters. The van der Waals surface area contributed by atoms with Gasteiger partial charge in [-0.25, -0.2) is 0 Å². The summed E-state index contributed by atoms with van der Waals surface area (Å²) in [5.74, 6) is 0.830. The Balaban J connectivity index is 1.25. The average molecular weight is 585 g/mol. The van der Waals surface area contributed by atoms with E-state index in [9.17, 15) is 4.79 Å². The zero-order valence-corrected chi connectivity index (χ0v) is 25.0. The van der Waals surface area contributed by atoms with Crippen LogP contribution in [0.5, 0.6) is 5.75 Å². The van der Waals surface area contributed by atoms with Gasteiger partial charge in [0.15, 0.2) is 0 Å². The number of hydrogen-bond acceptors (Lipinski definition) is 4. The highest BCUT2D eigenvalue weighted by Crippen LogP contribution is 2.37. The number of benzene rings is 7. The molecule has 4 heteroatoms. The molecule has 0 aliphatic carbocycles. The number of ether oxygens (including phenoxy) is 1. The van der Waals surface area contributed by atoms with E-state index in [4.69, 9.17) is 4.74 Å². The fraction of sp³-hybridized carbons (Fsp3) is 0.0488. The Labute approximate surface area is 263 Å². The summed E-state index contributed by atoms with van der Waals surface area (Å²) in [5, 5.41) is 4.79. The highest BCUT2D eigenvalue weighted by atomic mass is 16.5. The zero-order valence-electron chi connectivity index (χ0n) is 25.0. The number of carbonyl (C=O) groups is 1. The maximum Gasteiger partial charge on any atom is 0.150 e. The van der Waals surface area contributed by atoms with Crippen LogP contribution in [-0.2, 0) is 6.54 Å². The molecule has 0 aliphatic rings. The van der Waals surface area contributed by atoms with Gasteiger partial charge in [-0.2, -0.15) is 0 Å². The van der Waals surface area contributed by atoms with Crippen molar-refractivity contribution in [1.29, 1.82) is 0 Å². The van der Waals surface area contributed by atoms with Crippen molar-refractivity contribution in [3.05, 3.63) is 169 Å². The third kappa shape index (κ3) is 5.86. The second-order valence-corrected chi connectivity index (χ2v) is 11.1. The molecule has 0 amide bonds. The predicted molar refractivity (Wildman–Crippen MR) is 187 cm³/mol. The Morgan fingerprint density at radius 2 is 1.00 bits per heavy atom. The molecule has 0 spiro atoms. The molecule has 0 saturated carbocycles. The van der Waals surface area contributed by atoms with Crippen molar-refractivity contribution >= 4 is 56.3 Å². The smallest absolute Gasteiger partial charge is 0.150 e. The second-order valence-electron chi connectivity index (χ2n) is 11.1. The van der Waals surface area contributed by atoms with Gasteiger partial charge in [0.2, 0.25) is 0 Å². The van der Waals surface area contributed by atoms with Gasteiger partial charge in [0.25, 0.3) is 0 Å². The number of carbonyl (C=O) groups excluding carboxylic acids is 1. The fourth-order valence-corrected chi connectivity index (χ4v) is 5.84. The zero-order chi connectivity index (χ0) is 30.6. The molecule has 7 rings (SSSR count). The van der Waals surface area contributed by atoms with E-state index in [-0.39, 0.29) is 0 Å². The quantitative estimate of drug-likeness (QED) is 0.158. The summed E-state index contributed by atoms with van der Waals surface area (Å²) in [4.78, 5) is 15.9. The molecule has 45 heavy (non-hydrogen) atoms. The van der Waals surface area contributed by atoms with Crippen LogP contribution in [0.1, 0.15) is 15.9 Å². The lowest BCUT2D eigenvalue weighted by molar-refractivity contribution is 0.112. The van der Waals surface area contributed by atoms with Crippen molar-refractivity contribution in [2.45, 2.75) is 6.54 Å². The average Bonchev–Trinajstić information content (AvgIpc) is 3.11. The lowest BCUT2D eigenvalue weighted by atomic mass is 10.1. The number of methoxy groups -OCH3 is 1. The first-order valence-electron chi connectivity index (χ1n) is 15.0. The highest BCUT2D eigenvalue weighted by molar-refractivity contribution is 5.90. The summed E-state index contributed by atoms with van der Waals surface area (Å²) >= 11 is 0. The number of nitrogens with zero attached hydrogens (tertiary/aromatic N) is 2. The molecule has 0 N–H and O–H groups in total. The molecule has 0 heterocycles. The van der Waals surface area contributed by atoms with E-state index in [1.165, 1.54) is 27.1 Å². The number of rotatable bonds is 9. The first-order chi connectivity index (χ1) is 22.2. The minimum Gasteiger partial charge on any atom is -0.497 e. The molecule has 0 radical (unpaired) electrons. The lowest BCUT2D eigenvalue weighted by Gasteiger charge is -2.28. The Morgan fingerprint density at radius 1 is 0.511 bits per heavy atom. The normalized spacial score (nSPS) is 11.0. The van der Waals surface area contributed by atoms with E-state index < -0.39 is 0 Å². The van der Waals surface area contributed by atoms with Gasteiger partial charge in [-0.05, 0) is 112 Å². The van der Waals surface area contributed by atoms with Crippen molar-refractivity contribution in [3.8, 4) is 5.75 Å². The van der Waals surface area contributed by atoms with Crippen LogP contribution in [0.15, 0.2) is 158 Å². The molecule has 218 valence electrons. The molecular weight excluding hydrogens is 552 g/mol. The Hall–Kier alpha value is -5.87. The standard InChI is InChI=1S/C41H32N2O2/c1-45-41-24-22-36(23-25-41)42(39-20-14-32-6-2-4-8-34(32)26-39)28-30-10-16-37(17-11-30)43(38-18-12-31(29-44)13-19-38)40-21-15-33-7-3-5-9-35(33)27-40/h2-27,29H,28H2,1H3. The number of anilines is 5. The van der Waals surface area contributed by atoms with E-state index in [0.717, 1.165) is 40.5 Å². The van der Waals surface area contributed by atoms with Crippen LogP contribution in [0.2, 0.25) is 0 Å². The van der Waals surface area contributed by atoms with Gasteiger partial charge in [-0.1, -0.05) is 72.8 Å². The largest absolute Gasteiger partial charge is 0.497 e. The predicted octanol–water partition coefficient (Wildman–Crippen LogP) is 10.6. The molecule has 7 aromatic rings. The minimum atomic E-state index is 0.653.